The summed E-state index contributed by atoms with van der Waals surface area (Å²) in [5, 5.41) is 13.2. The number of nitrogen functional groups attached to an aromatic ring is 1. The lowest BCUT2D eigenvalue weighted by Crippen LogP contribution is -2.40. The third-order valence-corrected chi connectivity index (χ3v) is 4.80. The third kappa shape index (κ3) is 5.77. The maximum Gasteiger partial charge on any atom is 0.252 e. The first-order valence-corrected chi connectivity index (χ1v) is 9.84. The first-order valence-electron chi connectivity index (χ1n) is 9.84. The van der Waals surface area contributed by atoms with Crippen LogP contribution in [0.2, 0.25) is 0 Å². The molecule has 0 aromatic heterocycles. The highest BCUT2D eigenvalue weighted by Crippen LogP contribution is 2.15. The monoisotopic (exact) mass is 415 g/mol. The minimum Gasteiger partial charge on any atom is -0.384 e. The second kappa shape index (κ2) is 10.2. The molecule has 1 atom stereocenters. The lowest BCUT2D eigenvalue weighted by atomic mass is 10.0. The van der Waals surface area contributed by atoms with E-state index in [0.717, 1.165) is 11.1 Å². The lowest BCUT2D eigenvalue weighted by Gasteiger charge is -2.19. The number of amidine groups is 1. The fourth-order valence-electron chi connectivity index (χ4n) is 3.15. The predicted octanol–water partition coefficient (Wildman–Crippen LogP) is 2.22. The summed E-state index contributed by atoms with van der Waals surface area (Å²) in [5.41, 5.74) is 14.5. The molecular weight excluding hydrogens is 390 g/mol. The lowest BCUT2D eigenvalue weighted by molar-refractivity contribution is -0.123. The Morgan fingerprint density at radius 1 is 0.871 bits per heavy atom. The van der Waals surface area contributed by atoms with Gasteiger partial charge in [-0.05, 0) is 28.8 Å². The Hall–Kier alpha value is -3.97. The fraction of sp³-hybridized carbons (Fsp3) is 0.125. The molecule has 3 aromatic rings. The van der Waals surface area contributed by atoms with Crippen LogP contribution in [0, 0.1) is 5.41 Å². The van der Waals surface area contributed by atoms with Crippen molar-refractivity contribution in [1.29, 1.82) is 5.41 Å². The normalized spacial score (nSPS) is 11.4. The molecule has 7 nitrogen and oxygen atoms in total. The molecule has 0 heterocycles. The average Bonchev–Trinajstić information content (AvgIpc) is 2.81. The van der Waals surface area contributed by atoms with Gasteiger partial charge in [-0.3, -0.25) is 15.0 Å². The van der Waals surface area contributed by atoms with Gasteiger partial charge in [0.05, 0.1) is 0 Å². The molecule has 0 saturated heterocycles. The van der Waals surface area contributed by atoms with Gasteiger partial charge in [0.1, 0.15) is 11.9 Å². The number of nitrogens with two attached hydrogens (primary N) is 2. The molecule has 3 aromatic carbocycles. The maximum absolute atomic E-state index is 13.0. The summed E-state index contributed by atoms with van der Waals surface area (Å²) >= 11 is 0. The van der Waals surface area contributed by atoms with Crippen molar-refractivity contribution in [2.24, 2.45) is 11.5 Å². The first kappa shape index (κ1) is 21.7. The summed E-state index contributed by atoms with van der Waals surface area (Å²) in [4.78, 5) is 25.9. The van der Waals surface area contributed by atoms with Gasteiger partial charge in [-0.1, -0.05) is 66.7 Å². The van der Waals surface area contributed by atoms with E-state index in [9.17, 15) is 9.59 Å². The molecular formula is C24H25N5O2. The molecule has 0 spiro atoms. The summed E-state index contributed by atoms with van der Waals surface area (Å²) < 4.78 is 0. The summed E-state index contributed by atoms with van der Waals surface area (Å²) in [6, 6.07) is 22.2. The van der Waals surface area contributed by atoms with Crippen LogP contribution in [0.4, 0.5) is 0 Å². The number of carbonyl (C=O) groups excluding carboxylic acids is 2. The fourth-order valence-corrected chi connectivity index (χ4v) is 3.15. The van der Waals surface area contributed by atoms with Crippen molar-refractivity contribution >= 4 is 17.6 Å². The Bertz CT molecular complexity index is 1080. The minimum atomic E-state index is -0.882. The molecule has 31 heavy (non-hydrogen) atoms. The van der Waals surface area contributed by atoms with Gasteiger partial charge in [0.15, 0.2) is 0 Å². The largest absolute Gasteiger partial charge is 0.384 e. The van der Waals surface area contributed by atoms with Crippen molar-refractivity contribution in [3.63, 3.8) is 0 Å². The van der Waals surface area contributed by atoms with E-state index in [2.05, 4.69) is 10.6 Å². The Kier molecular flexibility index (Phi) is 7.13. The van der Waals surface area contributed by atoms with E-state index < -0.39 is 11.9 Å². The molecule has 2 amide bonds. The van der Waals surface area contributed by atoms with Crippen LogP contribution in [0.1, 0.15) is 38.7 Å². The molecule has 0 fully saturated rings. The molecule has 0 unspecified atom stereocenters. The summed E-state index contributed by atoms with van der Waals surface area (Å²) in [5.74, 6) is -0.899. The van der Waals surface area contributed by atoms with Gasteiger partial charge in [-0.25, -0.2) is 0 Å². The van der Waals surface area contributed by atoms with Crippen LogP contribution in [0.15, 0.2) is 78.9 Å². The summed E-state index contributed by atoms with van der Waals surface area (Å²) in [6.07, 6.45) is 0. The number of amides is 2. The molecule has 0 radical (unpaired) electrons. The van der Waals surface area contributed by atoms with Gasteiger partial charge in [0.2, 0.25) is 5.91 Å². The quantitative estimate of drug-likeness (QED) is 0.285. The van der Waals surface area contributed by atoms with E-state index in [-0.39, 0.29) is 11.7 Å². The molecule has 0 saturated carbocycles. The predicted molar refractivity (Wildman–Crippen MR) is 120 cm³/mol. The van der Waals surface area contributed by atoms with Crippen LogP contribution in [-0.4, -0.2) is 17.6 Å². The third-order valence-electron chi connectivity index (χ3n) is 4.80. The zero-order chi connectivity index (χ0) is 22.2. The smallest absolute Gasteiger partial charge is 0.252 e. The van der Waals surface area contributed by atoms with Gasteiger partial charge < -0.3 is 22.1 Å². The number of hydrogen-bond acceptors (Lipinski definition) is 4. The van der Waals surface area contributed by atoms with Gasteiger partial charge in [-0.15, -0.1) is 0 Å². The zero-order valence-corrected chi connectivity index (χ0v) is 17.0. The van der Waals surface area contributed by atoms with E-state index in [1.54, 1.807) is 30.3 Å². The van der Waals surface area contributed by atoms with Crippen molar-refractivity contribution in [3.05, 3.63) is 107 Å². The number of nitrogens with one attached hydrogen (secondary N) is 3. The van der Waals surface area contributed by atoms with Crippen molar-refractivity contribution in [1.82, 2.24) is 10.6 Å². The standard InChI is InChI=1S/C24H25N5O2/c25-14-16-6-4-7-17(12-16)15-28-24(31)21(18-8-2-1-3-9-18)29-23(30)20-11-5-10-19(13-20)22(26)27/h1-13,21H,14-15,25H2,(H3,26,27)(H,28,31)(H,29,30)/t21-/m0/s1. The van der Waals surface area contributed by atoms with Crippen molar-refractivity contribution in [3.8, 4) is 0 Å². The summed E-state index contributed by atoms with van der Waals surface area (Å²) in [7, 11) is 0. The van der Waals surface area contributed by atoms with E-state index in [1.165, 1.54) is 6.07 Å². The van der Waals surface area contributed by atoms with Crippen molar-refractivity contribution in [2.75, 3.05) is 0 Å². The van der Waals surface area contributed by atoms with Crippen LogP contribution in [0.3, 0.4) is 0 Å². The molecule has 0 aliphatic heterocycles. The van der Waals surface area contributed by atoms with Crippen LogP contribution in [-0.2, 0) is 17.9 Å². The zero-order valence-electron chi connectivity index (χ0n) is 17.0. The highest BCUT2D eigenvalue weighted by Gasteiger charge is 2.23. The second-order valence-corrected chi connectivity index (χ2v) is 7.05. The second-order valence-electron chi connectivity index (χ2n) is 7.05. The topological polar surface area (TPSA) is 134 Å². The van der Waals surface area contributed by atoms with Crippen LogP contribution < -0.4 is 22.1 Å². The number of hydrogen-bond donors (Lipinski definition) is 5. The Labute approximate surface area is 181 Å². The molecule has 0 bridgehead atoms. The molecule has 7 N–H and O–H groups in total. The van der Waals surface area contributed by atoms with Gasteiger partial charge in [0, 0.05) is 24.2 Å². The highest BCUT2D eigenvalue weighted by atomic mass is 16.2. The SMILES string of the molecule is N=C(N)c1cccc(C(=O)N[C@H](C(=O)NCc2cccc(CN)c2)c2ccccc2)c1. The van der Waals surface area contributed by atoms with Crippen LogP contribution >= 0.6 is 0 Å². The van der Waals surface area contributed by atoms with E-state index >= 15 is 0 Å². The molecule has 158 valence electrons. The van der Waals surface area contributed by atoms with Gasteiger partial charge >= 0.3 is 0 Å². The number of rotatable bonds is 8. The Morgan fingerprint density at radius 3 is 2.26 bits per heavy atom. The molecule has 0 aliphatic carbocycles. The van der Waals surface area contributed by atoms with Gasteiger partial charge in [-0.2, -0.15) is 0 Å². The highest BCUT2D eigenvalue weighted by molar-refractivity contribution is 6.01. The summed E-state index contributed by atoms with van der Waals surface area (Å²) in [6.45, 7) is 0.732. The van der Waals surface area contributed by atoms with E-state index in [0.29, 0.717) is 29.8 Å². The van der Waals surface area contributed by atoms with E-state index in [1.807, 2.05) is 42.5 Å². The van der Waals surface area contributed by atoms with Gasteiger partial charge in [0.25, 0.3) is 5.91 Å². The first-order chi connectivity index (χ1) is 15.0. The minimum absolute atomic E-state index is 0.133. The number of carbonyl (C=O) groups is 2. The molecule has 3 rings (SSSR count). The Balaban J connectivity index is 1.78. The van der Waals surface area contributed by atoms with Crippen molar-refractivity contribution < 1.29 is 9.59 Å². The maximum atomic E-state index is 13.0. The molecule has 7 heteroatoms. The van der Waals surface area contributed by atoms with Crippen molar-refractivity contribution in [2.45, 2.75) is 19.1 Å². The number of benzene rings is 3. The average molecular weight is 415 g/mol. The van der Waals surface area contributed by atoms with Crippen LogP contribution in [0.5, 0.6) is 0 Å². The van der Waals surface area contributed by atoms with E-state index in [4.69, 9.17) is 16.9 Å². The van der Waals surface area contributed by atoms with Crippen LogP contribution in [0.25, 0.3) is 0 Å². The Morgan fingerprint density at radius 2 is 1.55 bits per heavy atom. The molecule has 0 aliphatic rings.